The fraction of sp³-hybridized carbons (Fsp3) is 0.857. The molecule has 3 N–H and O–H groups in total. The summed E-state index contributed by atoms with van der Waals surface area (Å²) < 4.78 is 25.1. The molecule has 0 aromatic heterocycles. The quantitative estimate of drug-likeness (QED) is 0.495. The van der Waals surface area contributed by atoms with Crippen LogP contribution in [0, 0.1) is 0 Å². The summed E-state index contributed by atoms with van der Waals surface area (Å²) in [6.07, 6.45) is 2.87. The van der Waals surface area contributed by atoms with Crippen LogP contribution in [0.15, 0.2) is 0 Å². The van der Waals surface area contributed by atoms with Crippen molar-refractivity contribution in [2.24, 2.45) is 5.73 Å². The summed E-state index contributed by atoms with van der Waals surface area (Å²) in [5.41, 5.74) is 5.27. The molecule has 1 aliphatic carbocycles. The van der Waals surface area contributed by atoms with Crippen LogP contribution in [0.25, 0.3) is 0 Å². The second kappa shape index (κ2) is 4.34. The van der Waals surface area contributed by atoms with Gasteiger partial charge in [0.2, 0.25) is 10.0 Å². The van der Waals surface area contributed by atoms with Crippen LogP contribution in [-0.4, -0.2) is 25.2 Å². The molecular weight excluding hydrogens is 208 g/mol. The maximum Gasteiger partial charge on any atom is 0.214 e. The normalized spacial score (nSPS) is 17.2. The molecule has 13 heavy (non-hydrogen) atoms. The number of thiocarbonyl (C=S) groups is 1. The number of nitrogens with two attached hydrogens (primary N) is 1. The molecule has 0 heterocycles. The molecule has 0 aromatic rings. The number of nitrogens with one attached hydrogen (secondary N) is 1. The van der Waals surface area contributed by atoms with E-state index in [0.717, 1.165) is 12.8 Å². The third-order valence-corrected chi connectivity index (χ3v) is 4.03. The van der Waals surface area contributed by atoms with Crippen molar-refractivity contribution in [3.63, 3.8) is 0 Å². The Morgan fingerprint density at radius 2 is 2.15 bits per heavy atom. The molecule has 4 nitrogen and oxygen atoms in total. The molecule has 1 saturated carbocycles. The van der Waals surface area contributed by atoms with E-state index in [9.17, 15) is 8.42 Å². The smallest absolute Gasteiger partial charge is 0.214 e. The lowest BCUT2D eigenvalue weighted by molar-refractivity contribution is 0.578. The van der Waals surface area contributed by atoms with Crippen molar-refractivity contribution in [2.75, 3.05) is 6.54 Å². The zero-order valence-corrected chi connectivity index (χ0v) is 8.96. The van der Waals surface area contributed by atoms with E-state index in [1.807, 2.05) is 0 Å². The van der Waals surface area contributed by atoms with Crippen LogP contribution in [0.1, 0.15) is 25.7 Å². The zero-order valence-electron chi connectivity index (χ0n) is 7.32. The minimum atomic E-state index is -3.02. The fourth-order valence-electron chi connectivity index (χ4n) is 0.973. The van der Waals surface area contributed by atoms with Gasteiger partial charge in [-0.15, -0.1) is 0 Å². The Bertz CT molecular complexity index is 283. The van der Waals surface area contributed by atoms with E-state index in [2.05, 4.69) is 16.9 Å². The lowest BCUT2D eigenvalue weighted by atomic mass is 10.3. The molecule has 1 aliphatic rings. The molecule has 0 radical (unpaired) electrons. The van der Waals surface area contributed by atoms with Crippen LogP contribution in [0.2, 0.25) is 0 Å². The van der Waals surface area contributed by atoms with Crippen LogP contribution >= 0.6 is 12.2 Å². The summed E-state index contributed by atoms with van der Waals surface area (Å²) >= 11 is 4.67. The van der Waals surface area contributed by atoms with Crippen molar-refractivity contribution in [1.29, 1.82) is 0 Å². The monoisotopic (exact) mass is 222 g/mol. The van der Waals surface area contributed by atoms with E-state index < -0.39 is 10.0 Å². The Hall–Kier alpha value is -0.200. The minimum Gasteiger partial charge on any atom is -0.393 e. The first-order chi connectivity index (χ1) is 6.02. The first-order valence-electron chi connectivity index (χ1n) is 4.29. The average molecular weight is 222 g/mol. The topological polar surface area (TPSA) is 72.2 Å². The number of sulfonamides is 1. The van der Waals surface area contributed by atoms with Crippen molar-refractivity contribution < 1.29 is 8.42 Å². The number of rotatable bonds is 6. The summed E-state index contributed by atoms with van der Waals surface area (Å²) in [6, 6.07) is 0. The van der Waals surface area contributed by atoms with Gasteiger partial charge in [-0.1, -0.05) is 12.2 Å². The molecule has 1 rings (SSSR count). The van der Waals surface area contributed by atoms with Gasteiger partial charge in [0.25, 0.3) is 0 Å². The van der Waals surface area contributed by atoms with Gasteiger partial charge in [-0.2, -0.15) is 0 Å². The van der Waals surface area contributed by atoms with Gasteiger partial charge < -0.3 is 5.73 Å². The molecule has 0 aromatic carbocycles. The molecule has 0 unspecified atom stereocenters. The van der Waals surface area contributed by atoms with Gasteiger partial charge in [0.15, 0.2) is 0 Å². The van der Waals surface area contributed by atoms with Gasteiger partial charge in [-0.05, 0) is 25.7 Å². The highest BCUT2D eigenvalue weighted by molar-refractivity contribution is 7.90. The van der Waals surface area contributed by atoms with Gasteiger partial charge in [0.05, 0.1) is 10.2 Å². The molecule has 0 aliphatic heterocycles. The molecule has 0 bridgehead atoms. The van der Waals surface area contributed by atoms with Crippen LogP contribution in [0.5, 0.6) is 0 Å². The van der Waals surface area contributed by atoms with E-state index in [4.69, 9.17) is 5.73 Å². The van der Waals surface area contributed by atoms with Crippen molar-refractivity contribution in [1.82, 2.24) is 4.72 Å². The van der Waals surface area contributed by atoms with Crippen molar-refractivity contribution in [3.8, 4) is 0 Å². The van der Waals surface area contributed by atoms with Gasteiger partial charge in [0.1, 0.15) is 0 Å². The molecular formula is C7H14N2O2S2. The first kappa shape index (κ1) is 10.9. The van der Waals surface area contributed by atoms with E-state index in [1.165, 1.54) is 0 Å². The number of hydrogen-bond acceptors (Lipinski definition) is 3. The first-order valence-corrected chi connectivity index (χ1v) is 6.24. The van der Waals surface area contributed by atoms with Gasteiger partial charge in [0, 0.05) is 6.54 Å². The molecule has 0 spiro atoms. The van der Waals surface area contributed by atoms with E-state index in [-0.39, 0.29) is 5.25 Å². The Labute approximate surface area is 83.9 Å². The summed E-state index contributed by atoms with van der Waals surface area (Å²) in [5.74, 6) is 0. The lowest BCUT2D eigenvalue weighted by Crippen LogP contribution is -2.28. The standard InChI is InChI=1S/C7H14N2O2S2/c8-7(12)2-1-5-9-13(10,11)6-3-4-6/h6,9H,1-5H2,(H2,8,12). The van der Waals surface area contributed by atoms with Gasteiger partial charge in [-0.25, -0.2) is 13.1 Å². The fourth-order valence-corrected chi connectivity index (χ4v) is 2.54. The third-order valence-electron chi connectivity index (χ3n) is 1.87. The van der Waals surface area contributed by atoms with E-state index in [0.29, 0.717) is 24.4 Å². The largest absolute Gasteiger partial charge is 0.393 e. The maximum absolute atomic E-state index is 11.3. The van der Waals surface area contributed by atoms with Crippen molar-refractivity contribution in [3.05, 3.63) is 0 Å². The Balaban J connectivity index is 2.15. The van der Waals surface area contributed by atoms with Gasteiger partial charge in [-0.3, -0.25) is 0 Å². The number of hydrogen-bond donors (Lipinski definition) is 2. The van der Waals surface area contributed by atoms with Crippen LogP contribution < -0.4 is 10.5 Å². The summed E-state index contributed by atoms with van der Waals surface area (Å²) in [7, 11) is -3.02. The molecule has 6 heteroatoms. The molecule has 0 saturated heterocycles. The highest BCUT2D eigenvalue weighted by atomic mass is 32.2. The third kappa shape index (κ3) is 4.02. The molecule has 0 amide bonds. The van der Waals surface area contributed by atoms with E-state index >= 15 is 0 Å². The Morgan fingerprint density at radius 3 is 2.62 bits per heavy atom. The highest BCUT2D eigenvalue weighted by Gasteiger charge is 2.34. The summed E-state index contributed by atoms with van der Waals surface area (Å²) in [5, 5.41) is -0.141. The summed E-state index contributed by atoms with van der Waals surface area (Å²) in [6.45, 7) is 0.441. The lowest BCUT2D eigenvalue weighted by Gasteiger charge is -2.03. The predicted octanol–water partition coefficient (Wildman–Crippen LogP) is 0.134. The van der Waals surface area contributed by atoms with Crippen molar-refractivity contribution >= 4 is 27.2 Å². The Morgan fingerprint density at radius 1 is 1.54 bits per heavy atom. The Kier molecular flexibility index (Phi) is 3.63. The van der Waals surface area contributed by atoms with Crippen LogP contribution in [-0.2, 0) is 10.0 Å². The second-order valence-electron chi connectivity index (χ2n) is 3.21. The summed E-state index contributed by atoms with van der Waals surface area (Å²) in [4.78, 5) is 0.436. The van der Waals surface area contributed by atoms with Crippen LogP contribution in [0.4, 0.5) is 0 Å². The van der Waals surface area contributed by atoms with Crippen LogP contribution in [0.3, 0.4) is 0 Å². The molecule has 0 atom stereocenters. The highest BCUT2D eigenvalue weighted by Crippen LogP contribution is 2.27. The average Bonchev–Trinajstić information content (AvgIpc) is 2.79. The molecule has 1 fully saturated rings. The second-order valence-corrected chi connectivity index (χ2v) is 5.78. The molecule has 76 valence electrons. The van der Waals surface area contributed by atoms with E-state index in [1.54, 1.807) is 0 Å². The van der Waals surface area contributed by atoms with Gasteiger partial charge >= 0.3 is 0 Å². The SMILES string of the molecule is NC(=S)CCCNS(=O)(=O)C1CC1. The van der Waals surface area contributed by atoms with Crippen molar-refractivity contribution in [2.45, 2.75) is 30.9 Å². The zero-order chi connectivity index (χ0) is 9.90. The minimum absolute atomic E-state index is 0.141. The maximum atomic E-state index is 11.3. The predicted molar refractivity (Wildman–Crippen MR) is 56.0 cm³/mol.